The number of nitrogens with one attached hydrogen (secondary N) is 2. The Morgan fingerprint density at radius 3 is 2.59 bits per heavy atom. The largest absolute Gasteiger partial charge is 0.493 e. The number of hydrogen-bond donors (Lipinski definition) is 2. The molecule has 0 saturated carbocycles. The smallest absolute Gasteiger partial charge is 0.221 e. The summed E-state index contributed by atoms with van der Waals surface area (Å²) in [6.07, 6.45) is 1.49. The van der Waals surface area contributed by atoms with E-state index in [4.69, 9.17) is 9.47 Å². The average molecular weight is 362 g/mol. The summed E-state index contributed by atoms with van der Waals surface area (Å²) >= 11 is 0. The molecule has 0 aliphatic carbocycles. The van der Waals surface area contributed by atoms with Crippen molar-refractivity contribution >= 4 is 33.9 Å². The number of nitriles is 1. The molecule has 0 unspecified atom stereocenters. The van der Waals surface area contributed by atoms with Crippen molar-refractivity contribution in [2.75, 3.05) is 24.9 Å². The van der Waals surface area contributed by atoms with Gasteiger partial charge >= 0.3 is 0 Å². The van der Waals surface area contributed by atoms with E-state index in [-0.39, 0.29) is 5.91 Å². The van der Waals surface area contributed by atoms with Crippen LogP contribution in [0.25, 0.3) is 10.9 Å². The molecule has 1 aromatic heterocycles. The van der Waals surface area contributed by atoms with Gasteiger partial charge in [0, 0.05) is 29.9 Å². The lowest BCUT2D eigenvalue weighted by Gasteiger charge is -2.15. The van der Waals surface area contributed by atoms with Crippen LogP contribution in [0, 0.1) is 11.3 Å². The Kier molecular flexibility index (Phi) is 5.08. The van der Waals surface area contributed by atoms with Crippen LogP contribution in [0.1, 0.15) is 12.5 Å². The number of anilines is 3. The number of pyridine rings is 1. The van der Waals surface area contributed by atoms with E-state index in [1.165, 1.54) is 13.1 Å². The van der Waals surface area contributed by atoms with E-state index < -0.39 is 0 Å². The van der Waals surface area contributed by atoms with E-state index in [2.05, 4.69) is 21.7 Å². The standard InChI is InChI=1S/C20H18N4O3/c1-12(25)23-14-5-4-6-15(9-14)24-18-13(10-21)11-22-19-16(18)7-8-17(26-2)20(19)27-3/h4-9,11H,1-3H3,(H,22,24)(H,23,25). The molecule has 1 amide bonds. The fourth-order valence-corrected chi connectivity index (χ4v) is 2.82. The highest BCUT2D eigenvalue weighted by atomic mass is 16.5. The van der Waals surface area contributed by atoms with Gasteiger partial charge in [-0.25, -0.2) is 0 Å². The maximum Gasteiger partial charge on any atom is 0.221 e. The highest BCUT2D eigenvalue weighted by Gasteiger charge is 2.16. The van der Waals surface area contributed by atoms with Crippen molar-refractivity contribution in [2.45, 2.75) is 6.92 Å². The van der Waals surface area contributed by atoms with Gasteiger partial charge < -0.3 is 20.1 Å². The van der Waals surface area contributed by atoms with Gasteiger partial charge in [-0.2, -0.15) is 5.26 Å². The quantitative estimate of drug-likeness (QED) is 0.716. The molecular weight excluding hydrogens is 344 g/mol. The Labute approximate surface area is 156 Å². The van der Waals surface area contributed by atoms with Gasteiger partial charge in [-0.3, -0.25) is 9.78 Å². The van der Waals surface area contributed by atoms with Crippen molar-refractivity contribution in [3.63, 3.8) is 0 Å². The van der Waals surface area contributed by atoms with Crippen molar-refractivity contribution in [3.05, 3.63) is 48.2 Å². The number of benzene rings is 2. The number of carbonyl (C=O) groups is 1. The predicted octanol–water partition coefficient (Wildman–Crippen LogP) is 3.83. The Morgan fingerprint density at radius 1 is 1.15 bits per heavy atom. The highest BCUT2D eigenvalue weighted by molar-refractivity contribution is 6.00. The molecule has 0 saturated heterocycles. The van der Waals surface area contributed by atoms with Crippen LogP contribution in [0.2, 0.25) is 0 Å². The Morgan fingerprint density at radius 2 is 1.93 bits per heavy atom. The third-order valence-corrected chi connectivity index (χ3v) is 3.95. The molecule has 0 aliphatic rings. The number of carbonyl (C=O) groups excluding carboxylic acids is 1. The number of hydrogen-bond acceptors (Lipinski definition) is 6. The molecule has 1 heterocycles. The van der Waals surface area contributed by atoms with Crippen LogP contribution in [0.3, 0.4) is 0 Å². The van der Waals surface area contributed by atoms with Crippen molar-refractivity contribution in [1.29, 1.82) is 5.26 Å². The second kappa shape index (κ2) is 7.62. The second-order valence-corrected chi connectivity index (χ2v) is 5.74. The molecule has 2 N–H and O–H groups in total. The summed E-state index contributed by atoms with van der Waals surface area (Å²) in [5.41, 5.74) is 2.95. The van der Waals surface area contributed by atoms with E-state index >= 15 is 0 Å². The minimum atomic E-state index is -0.156. The third kappa shape index (κ3) is 3.60. The Bertz CT molecular complexity index is 1060. The number of nitrogens with zero attached hydrogens (tertiary/aromatic N) is 2. The molecule has 0 atom stereocenters. The normalized spacial score (nSPS) is 10.1. The lowest BCUT2D eigenvalue weighted by molar-refractivity contribution is -0.114. The highest BCUT2D eigenvalue weighted by Crippen LogP contribution is 2.39. The topological polar surface area (TPSA) is 96.3 Å². The first-order chi connectivity index (χ1) is 13.1. The number of fused-ring (bicyclic) bond motifs is 1. The van der Waals surface area contributed by atoms with Gasteiger partial charge in [-0.15, -0.1) is 0 Å². The van der Waals surface area contributed by atoms with Crippen molar-refractivity contribution < 1.29 is 14.3 Å². The summed E-state index contributed by atoms with van der Waals surface area (Å²) in [5.74, 6) is 0.895. The van der Waals surface area contributed by atoms with Crippen LogP contribution >= 0.6 is 0 Å². The average Bonchev–Trinajstić information content (AvgIpc) is 2.67. The first-order valence-electron chi connectivity index (χ1n) is 8.16. The molecule has 0 aliphatic heterocycles. The molecule has 2 aromatic carbocycles. The third-order valence-electron chi connectivity index (χ3n) is 3.95. The number of ether oxygens (including phenoxy) is 2. The first kappa shape index (κ1) is 18.0. The minimum absolute atomic E-state index is 0.156. The summed E-state index contributed by atoms with van der Waals surface area (Å²) in [5, 5.41) is 16.2. The number of rotatable bonds is 5. The maximum absolute atomic E-state index is 11.3. The number of aromatic nitrogens is 1. The van der Waals surface area contributed by atoms with E-state index in [9.17, 15) is 10.1 Å². The molecular formula is C20H18N4O3. The molecule has 0 bridgehead atoms. The number of amides is 1. The summed E-state index contributed by atoms with van der Waals surface area (Å²) in [4.78, 5) is 15.6. The molecule has 27 heavy (non-hydrogen) atoms. The molecule has 7 heteroatoms. The van der Waals surface area contributed by atoms with Crippen LogP contribution in [0.15, 0.2) is 42.6 Å². The maximum atomic E-state index is 11.3. The Hall–Kier alpha value is -3.79. The molecule has 0 radical (unpaired) electrons. The van der Waals surface area contributed by atoms with Crippen molar-refractivity contribution in [1.82, 2.24) is 4.98 Å². The molecule has 136 valence electrons. The van der Waals surface area contributed by atoms with Gasteiger partial charge in [-0.1, -0.05) is 6.07 Å². The van der Waals surface area contributed by atoms with Crippen molar-refractivity contribution in [3.8, 4) is 17.6 Å². The van der Waals surface area contributed by atoms with E-state index in [1.54, 1.807) is 32.4 Å². The lowest BCUT2D eigenvalue weighted by Crippen LogP contribution is -2.06. The molecule has 7 nitrogen and oxygen atoms in total. The van der Waals surface area contributed by atoms with Gasteiger partial charge in [0.15, 0.2) is 11.5 Å². The SMILES string of the molecule is COc1ccc2c(Nc3cccc(NC(C)=O)c3)c(C#N)cnc2c1OC. The summed E-state index contributed by atoms with van der Waals surface area (Å²) in [6, 6.07) is 13.0. The summed E-state index contributed by atoms with van der Waals surface area (Å²) in [6.45, 7) is 1.45. The zero-order valence-corrected chi connectivity index (χ0v) is 15.2. The molecule has 3 aromatic rings. The van der Waals surface area contributed by atoms with Crippen LogP contribution in [0.4, 0.5) is 17.1 Å². The van der Waals surface area contributed by atoms with Crippen molar-refractivity contribution in [2.24, 2.45) is 0 Å². The van der Waals surface area contributed by atoms with Crippen LogP contribution in [0.5, 0.6) is 11.5 Å². The van der Waals surface area contributed by atoms with Crippen LogP contribution in [-0.2, 0) is 4.79 Å². The fourth-order valence-electron chi connectivity index (χ4n) is 2.82. The lowest BCUT2D eigenvalue weighted by atomic mass is 10.1. The van der Waals surface area contributed by atoms with Gasteiger partial charge in [0.25, 0.3) is 0 Å². The molecule has 0 spiro atoms. The van der Waals surface area contributed by atoms with Crippen LogP contribution < -0.4 is 20.1 Å². The molecule has 0 fully saturated rings. The minimum Gasteiger partial charge on any atom is -0.493 e. The zero-order chi connectivity index (χ0) is 19.4. The fraction of sp³-hybridized carbons (Fsp3) is 0.150. The monoisotopic (exact) mass is 362 g/mol. The van der Waals surface area contributed by atoms with Crippen LogP contribution in [-0.4, -0.2) is 25.1 Å². The van der Waals surface area contributed by atoms with Gasteiger partial charge in [0.2, 0.25) is 5.91 Å². The second-order valence-electron chi connectivity index (χ2n) is 5.74. The van der Waals surface area contributed by atoms with E-state index in [1.807, 2.05) is 18.2 Å². The summed E-state index contributed by atoms with van der Waals surface area (Å²) < 4.78 is 10.8. The van der Waals surface area contributed by atoms with E-state index in [0.717, 1.165) is 11.1 Å². The van der Waals surface area contributed by atoms with E-state index in [0.29, 0.717) is 34.0 Å². The molecule has 3 rings (SSSR count). The predicted molar refractivity (Wildman–Crippen MR) is 104 cm³/mol. The number of methoxy groups -OCH3 is 2. The Balaban J connectivity index is 2.13. The first-order valence-corrected chi connectivity index (χ1v) is 8.16. The summed E-state index contributed by atoms with van der Waals surface area (Å²) in [7, 11) is 3.10. The van der Waals surface area contributed by atoms with Gasteiger partial charge in [0.05, 0.1) is 25.5 Å². The van der Waals surface area contributed by atoms with Gasteiger partial charge in [-0.05, 0) is 30.3 Å². The zero-order valence-electron chi connectivity index (χ0n) is 15.2. The van der Waals surface area contributed by atoms with Gasteiger partial charge in [0.1, 0.15) is 11.6 Å².